The zero-order chi connectivity index (χ0) is 18.5. The quantitative estimate of drug-likeness (QED) is 0.757. The van der Waals surface area contributed by atoms with Crippen molar-refractivity contribution in [1.29, 1.82) is 5.26 Å². The van der Waals surface area contributed by atoms with Crippen LogP contribution in [-0.2, 0) is 17.6 Å². The predicted molar refractivity (Wildman–Crippen MR) is 106 cm³/mol. The van der Waals surface area contributed by atoms with Crippen molar-refractivity contribution >= 4 is 22.2 Å². The minimum Gasteiger partial charge on any atom is -0.316 e. The van der Waals surface area contributed by atoms with Crippen LogP contribution in [-0.4, -0.2) is 5.91 Å². The molecule has 2 saturated carbocycles. The highest BCUT2D eigenvalue weighted by atomic mass is 32.1. The molecule has 1 aromatic rings. The van der Waals surface area contributed by atoms with Gasteiger partial charge in [0.2, 0.25) is 5.91 Å². The Morgan fingerprint density at radius 2 is 2.12 bits per heavy atom. The van der Waals surface area contributed by atoms with Crippen molar-refractivity contribution in [3.63, 3.8) is 0 Å². The highest BCUT2D eigenvalue weighted by molar-refractivity contribution is 7.16. The molecule has 0 saturated heterocycles. The molecule has 1 N–H and O–H groups in total. The SMILES string of the molecule is CCC(C)(C)[C@@H]1CCc2c(sc(NC(=O)[C@H]3C[C@H]4CC[C@H]3C4)c2C#N)C1. The summed E-state index contributed by atoms with van der Waals surface area (Å²) in [6.45, 7) is 6.99. The van der Waals surface area contributed by atoms with Gasteiger partial charge in [0, 0.05) is 10.8 Å². The van der Waals surface area contributed by atoms with Crippen LogP contribution in [0.25, 0.3) is 0 Å². The molecular formula is C22H30N2OS. The lowest BCUT2D eigenvalue weighted by Gasteiger charge is -2.36. The summed E-state index contributed by atoms with van der Waals surface area (Å²) in [7, 11) is 0. The average molecular weight is 371 g/mol. The van der Waals surface area contributed by atoms with Crippen molar-refractivity contribution < 1.29 is 4.79 Å². The summed E-state index contributed by atoms with van der Waals surface area (Å²) in [5.41, 5.74) is 2.29. The number of anilines is 1. The molecule has 3 aliphatic rings. The van der Waals surface area contributed by atoms with E-state index < -0.39 is 0 Å². The van der Waals surface area contributed by atoms with E-state index in [0.717, 1.165) is 42.2 Å². The van der Waals surface area contributed by atoms with E-state index in [2.05, 4.69) is 32.2 Å². The molecule has 1 amide bonds. The molecule has 2 bridgehead atoms. The molecule has 3 aliphatic carbocycles. The van der Waals surface area contributed by atoms with Gasteiger partial charge in [0.1, 0.15) is 11.1 Å². The molecule has 2 fully saturated rings. The van der Waals surface area contributed by atoms with Gasteiger partial charge in [0.05, 0.1) is 5.56 Å². The summed E-state index contributed by atoms with van der Waals surface area (Å²) in [5.74, 6) is 2.35. The van der Waals surface area contributed by atoms with Crippen molar-refractivity contribution in [2.75, 3.05) is 5.32 Å². The van der Waals surface area contributed by atoms with Crippen molar-refractivity contribution in [2.45, 2.75) is 72.1 Å². The van der Waals surface area contributed by atoms with Gasteiger partial charge in [-0.15, -0.1) is 11.3 Å². The van der Waals surface area contributed by atoms with Gasteiger partial charge < -0.3 is 5.32 Å². The van der Waals surface area contributed by atoms with Gasteiger partial charge in [-0.05, 0) is 67.3 Å². The second-order valence-corrected chi connectivity index (χ2v) is 10.5. The Balaban J connectivity index is 1.53. The summed E-state index contributed by atoms with van der Waals surface area (Å²) in [6, 6.07) is 2.40. The van der Waals surface area contributed by atoms with E-state index in [0.29, 0.717) is 17.3 Å². The molecule has 0 spiro atoms. The molecule has 4 atom stereocenters. The normalized spacial score (nSPS) is 30.1. The molecule has 4 rings (SSSR count). The number of thiophene rings is 1. The van der Waals surface area contributed by atoms with Crippen LogP contribution in [0.1, 0.15) is 75.3 Å². The third-order valence-electron chi connectivity index (χ3n) is 7.71. The molecule has 26 heavy (non-hydrogen) atoms. The van der Waals surface area contributed by atoms with Crippen LogP contribution < -0.4 is 5.32 Å². The van der Waals surface area contributed by atoms with Crippen molar-refractivity contribution in [2.24, 2.45) is 29.1 Å². The lowest BCUT2D eigenvalue weighted by molar-refractivity contribution is -0.121. The number of hydrogen-bond acceptors (Lipinski definition) is 3. The van der Waals surface area contributed by atoms with E-state index >= 15 is 0 Å². The van der Waals surface area contributed by atoms with Crippen LogP contribution in [0.4, 0.5) is 5.00 Å². The Bertz CT molecular complexity index is 757. The Kier molecular flexibility index (Phi) is 4.63. The Hall–Kier alpha value is -1.34. The lowest BCUT2D eigenvalue weighted by Crippen LogP contribution is -2.28. The van der Waals surface area contributed by atoms with Gasteiger partial charge in [-0.3, -0.25) is 4.79 Å². The first-order valence-corrected chi connectivity index (χ1v) is 11.1. The van der Waals surface area contributed by atoms with Gasteiger partial charge in [-0.2, -0.15) is 5.26 Å². The molecular weight excluding hydrogens is 340 g/mol. The summed E-state index contributed by atoms with van der Waals surface area (Å²) < 4.78 is 0. The van der Waals surface area contributed by atoms with Crippen molar-refractivity contribution in [3.05, 3.63) is 16.0 Å². The summed E-state index contributed by atoms with van der Waals surface area (Å²) in [5, 5.41) is 13.7. The van der Waals surface area contributed by atoms with E-state index in [1.54, 1.807) is 11.3 Å². The van der Waals surface area contributed by atoms with Gasteiger partial charge in [-0.25, -0.2) is 0 Å². The van der Waals surface area contributed by atoms with Crippen LogP contribution >= 0.6 is 11.3 Å². The zero-order valence-electron chi connectivity index (χ0n) is 16.2. The molecule has 0 unspecified atom stereocenters. The maximum Gasteiger partial charge on any atom is 0.228 e. The maximum atomic E-state index is 12.8. The second kappa shape index (κ2) is 6.68. The average Bonchev–Trinajstić information content (AvgIpc) is 3.34. The minimum absolute atomic E-state index is 0.165. The smallest absolute Gasteiger partial charge is 0.228 e. The Labute approximate surface area is 161 Å². The van der Waals surface area contributed by atoms with Crippen molar-refractivity contribution in [3.8, 4) is 6.07 Å². The van der Waals surface area contributed by atoms with Crippen LogP contribution in [0.5, 0.6) is 0 Å². The first-order chi connectivity index (χ1) is 12.4. The third kappa shape index (κ3) is 2.99. The molecule has 0 radical (unpaired) electrons. The molecule has 1 heterocycles. The Morgan fingerprint density at radius 1 is 1.31 bits per heavy atom. The highest BCUT2D eigenvalue weighted by Gasteiger charge is 2.43. The maximum absolute atomic E-state index is 12.8. The number of nitrogens with one attached hydrogen (secondary N) is 1. The van der Waals surface area contributed by atoms with E-state index in [9.17, 15) is 10.1 Å². The zero-order valence-corrected chi connectivity index (χ0v) is 17.0. The minimum atomic E-state index is 0.165. The van der Waals surface area contributed by atoms with Crippen molar-refractivity contribution in [1.82, 2.24) is 0 Å². The fraction of sp³-hybridized carbons (Fsp3) is 0.727. The number of amides is 1. The summed E-state index contributed by atoms with van der Waals surface area (Å²) >= 11 is 1.67. The van der Waals surface area contributed by atoms with E-state index in [-0.39, 0.29) is 11.8 Å². The van der Waals surface area contributed by atoms with E-state index in [1.165, 1.54) is 36.1 Å². The molecule has 4 heteroatoms. The van der Waals surface area contributed by atoms with E-state index in [1.807, 2.05) is 0 Å². The predicted octanol–water partition coefficient (Wildman–Crippen LogP) is 5.54. The second-order valence-electron chi connectivity index (χ2n) is 9.37. The summed E-state index contributed by atoms with van der Waals surface area (Å²) in [4.78, 5) is 14.2. The van der Waals surface area contributed by atoms with Gasteiger partial charge in [0.15, 0.2) is 0 Å². The summed E-state index contributed by atoms with van der Waals surface area (Å²) in [6.07, 6.45) is 9.17. The first kappa shape index (κ1) is 18.0. The fourth-order valence-corrected chi connectivity index (χ4v) is 6.80. The van der Waals surface area contributed by atoms with Crippen LogP contribution in [0.2, 0.25) is 0 Å². The number of nitriles is 1. The number of nitrogens with zero attached hydrogens (tertiary/aromatic N) is 1. The lowest BCUT2D eigenvalue weighted by atomic mass is 9.69. The number of carbonyl (C=O) groups excluding carboxylic acids is 1. The Morgan fingerprint density at radius 3 is 2.73 bits per heavy atom. The standard InChI is InChI=1S/C22H30N2OS/c1-4-22(2,3)15-7-8-16-18(12-23)21(26-19(16)11-15)24-20(25)17-10-13-5-6-14(17)9-13/h13-15,17H,4-11H2,1-3H3,(H,24,25)/t13-,14-,15+,17-/m0/s1. The number of fused-ring (bicyclic) bond motifs is 3. The van der Waals surface area contributed by atoms with Crippen LogP contribution in [0.3, 0.4) is 0 Å². The number of rotatable bonds is 4. The van der Waals surface area contributed by atoms with Gasteiger partial charge >= 0.3 is 0 Å². The highest BCUT2D eigenvalue weighted by Crippen LogP contribution is 2.49. The van der Waals surface area contributed by atoms with Gasteiger partial charge in [-0.1, -0.05) is 33.6 Å². The molecule has 0 aromatic carbocycles. The fourth-order valence-electron chi connectivity index (χ4n) is 5.52. The molecule has 3 nitrogen and oxygen atoms in total. The van der Waals surface area contributed by atoms with Crippen LogP contribution in [0, 0.1) is 40.4 Å². The first-order valence-electron chi connectivity index (χ1n) is 10.3. The number of hydrogen-bond donors (Lipinski definition) is 1. The van der Waals surface area contributed by atoms with Gasteiger partial charge in [0.25, 0.3) is 0 Å². The van der Waals surface area contributed by atoms with Crippen LogP contribution in [0.15, 0.2) is 0 Å². The monoisotopic (exact) mass is 370 g/mol. The number of carbonyl (C=O) groups is 1. The topological polar surface area (TPSA) is 52.9 Å². The third-order valence-corrected chi connectivity index (χ3v) is 8.87. The molecule has 1 aromatic heterocycles. The largest absolute Gasteiger partial charge is 0.316 e. The molecule has 140 valence electrons. The molecule has 0 aliphatic heterocycles. The van der Waals surface area contributed by atoms with E-state index in [4.69, 9.17) is 0 Å².